The lowest BCUT2D eigenvalue weighted by molar-refractivity contribution is 0.0699. The van der Waals surface area contributed by atoms with E-state index >= 15 is 0 Å². The van der Waals surface area contributed by atoms with Crippen LogP contribution in [-0.4, -0.2) is 52.3 Å². The Morgan fingerprint density at radius 1 is 1.21 bits per heavy atom. The maximum absolute atomic E-state index is 12.4. The van der Waals surface area contributed by atoms with E-state index in [0.29, 0.717) is 28.1 Å². The predicted molar refractivity (Wildman–Crippen MR) is 108 cm³/mol. The number of sulfonamides is 1. The topological polar surface area (TPSA) is 117 Å². The number of hydrogen-bond acceptors (Lipinski definition) is 6. The molecule has 29 heavy (non-hydrogen) atoms. The molecule has 4 aromatic rings. The number of carboxylic acid groups (broad SMARTS) is 1. The highest BCUT2D eigenvalue weighted by Crippen LogP contribution is 2.29. The minimum Gasteiger partial charge on any atom is -0.478 e. The van der Waals surface area contributed by atoms with Crippen LogP contribution in [0.5, 0.6) is 0 Å². The average molecular weight is 411 g/mol. The van der Waals surface area contributed by atoms with Gasteiger partial charge in [-0.15, -0.1) is 0 Å². The quantitative estimate of drug-likeness (QED) is 0.518. The number of nitrogens with one attached hydrogen (secondary N) is 1. The smallest absolute Gasteiger partial charge is 0.338 e. The SMILES string of the molecule is CN(C)S(=O)(=O)c1cccc(Nc2nc3ccncc3n3ccc(C(=O)O)c23)c1. The Labute approximate surface area is 166 Å². The highest BCUT2D eigenvalue weighted by molar-refractivity contribution is 7.89. The Morgan fingerprint density at radius 2 is 2.00 bits per heavy atom. The van der Waals surface area contributed by atoms with Gasteiger partial charge >= 0.3 is 5.97 Å². The molecule has 0 saturated heterocycles. The van der Waals surface area contributed by atoms with Gasteiger partial charge in [-0.2, -0.15) is 0 Å². The van der Waals surface area contributed by atoms with Crippen LogP contribution >= 0.6 is 0 Å². The monoisotopic (exact) mass is 411 g/mol. The van der Waals surface area contributed by atoms with Gasteiger partial charge in [-0.1, -0.05) is 6.07 Å². The van der Waals surface area contributed by atoms with E-state index in [1.807, 2.05) is 0 Å². The molecule has 0 saturated carbocycles. The van der Waals surface area contributed by atoms with Crippen molar-refractivity contribution in [2.24, 2.45) is 0 Å². The number of benzene rings is 1. The van der Waals surface area contributed by atoms with E-state index in [2.05, 4.69) is 15.3 Å². The summed E-state index contributed by atoms with van der Waals surface area (Å²) < 4.78 is 27.7. The Hall–Kier alpha value is -3.50. The Morgan fingerprint density at radius 3 is 2.72 bits per heavy atom. The van der Waals surface area contributed by atoms with Crippen molar-refractivity contribution in [3.63, 3.8) is 0 Å². The van der Waals surface area contributed by atoms with Gasteiger partial charge in [0.1, 0.15) is 5.52 Å². The van der Waals surface area contributed by atoms with Crippen LogP contribution in [0.15, 0.2) is 59.9 Å². The lowest BCUT2D eigenvalue weighted by Gasteiger charge is -2.14. The van der Waals surface area contributed by atoms with E-state index in [0.717, 1.165) is 4.31 Å². The van der Waals surface area contributed by atoms with Gasteiger partial charge < -0.3 is 14.8 Å². The number of aromatic carboxylic acids is 1. The molecular formula is C19H17N5O4S. The van der Waals surface area contributed by atoms with Gasteiger partial charge in [0.15, 0.2) is 5.82 Å². The Balaban J connectivity index is 1.90. The minimum atomic E-state index is -3.61. The summed E-state index contributed by atoms with van der Waals surface area (Å²) in [6, 6.07) is 9.48. The van der Waals surface area contributed by atoms with Crippen molar-refractivity contribution in [3.8, 4) is 0 Å². The van der Waals surface area contributed by atoms with Gasteiger partial charge in [0.25, 0.3) is 0 Å². The van der Waals surface area contributed by atoms with Gasteiger partial charge in [0.05, 0.1) is 27.7 Å². The molecular weight excluding hydrogens is 394 g/mol. The molecule has 0 aliphatic heterocycles. The fourth-order valence-corrected chi connectivity index (χ4v) is 4.00. The number of hydrogen-bond donors (Lipinski definition) is 2. The third-order valence-corrected chi connectivity index (χ3v) is 6.30. The van der Waals surface area contributed by atoms with E-state index in [-0.39, 0.29) is 10.5 Å². The summed E-state index contributed by atoms with van der Waals surface area (Å²) in [6.45, 7) is 0. The normalized spacial score (nSPS) is 12.0. The van der Waals surface area contributed by atoms with Crippen molar-refractivity contribution in [2.75, 3.05) is 19.4 Å². The summed E-state index contributed by atoms with van der Waals surface area (Å²) >= 11 is 0. The second-order valence-electron chi connectivity index (χ2n) is 6.52. The van der Waals surface area contributed by atoms with E-state index in [1.54, 1.807) is 41.2 Å². The molecule has 0 bridgehead atoms. The lowest BCUT2D eigenvalue weighted by atomic mass is 10.2. The van der Waals surface area contributed by atoms with E-state index in [1.165, 1.54) is 32.3 Å². The van der Waals surface area contributed by atoms with Crippen LogP contribution < -0.4 is 5.32 Å². The predicted octanol–water partition coefficient (Wildman–Crippen LogP) is 2.57. The van der Waals surface area contributed by atoms with Crippen LogP contribution in [-0.2, 0) is 10.0 Å². The van der Waals surface area contributed by atoms with Gasteiger partial charge in [-0.05, 0) is 30.3 Å². The largest absolute Gasteiger partial charge is 0.478 e. The zero-order valence-electron chi connectivity index (χ0n) is 15.6. The molecule has 0 spiro atoms. The summed E-state index contributed by atoms with van der Waals surface area (Å²) in [5.74, 6) is -0.796. The van der Waals surface area contributed by atoms with Crippen molar-refractivity contribution in [1.29, 1.82) is 0 Å². The summed E-state index contributed by atoms with van der Waals surface area (Å²) in [5, 5.41) is 12.7. The number of nitrogens with zero attached hydrogens (tertiary/aromatic N) is 4. The summed E-state index contributed by atoms with van der Waals surface area (Å²) in [4.78, 5) is 20.5. The molecule has 148 valence electrons. The summed E-state index contributed by atoms with van der Waals surface area (Å²) in [5.41, 5.74) is 2.17. The first-order valence-electron chi connectivity index (χ1n) is 8.57. The first-order chi connectivity index (χ1) is 13.8. The average Bonchev–Trinajstić information content (AvgIpc) is 3.14. The molecule has 10 heteroatoms. The summed E-state index contributed by atoms with van der Waals surface area (Å²) in [7, 11) is -0.702. The molecule has 1 aromatic carbocycles. The van der Waals surface area contributed by atoms with Gasteiger partial charge in [-0.25, -0.2) is 22.5 Å². The Kier molecular flexibility index (Phi) is 4.44. The molecule has 4 rings (SSSR count). The van der Waals surface area contributed by atoms with Crippen molar-refractivity contribution in [3.05, 3.63) is 60.6 Å². The second kappa shape index (κ2) is 6.83. The molecule has 0 amide bonds. The molecule has 2 N–H and O–H groups in total. The van der Waals surface area contributed by atoms with Crippen LogP contribution in [0.25, 0.3) is 16.6 Å². The van der Waals surface area contributed by atoms with Gasteiger partial charge in [-0.3, -0.25) is 4.98 Å². The van der Waals surface area contributed by atoms with Crippen LogP contribution in [0.3, 0.4) is 0 Å². The number of anilines is 2. The standard InChI is InChI=1S/C19H17N5O4S/c1-23(2)29(27,28)13-5-3-4-12(10-13)21-18-17-14(19(25)26)7-9-24(17)16-11-20-8-6-15(16)22-18/h3-11H,1-2H3,(H,21,22)(H,25,26). The van der Waals surface area contributed by atoms with Crippen LogP contribution in [0.2, 0.25) is 0 Å². The third kappa shape index (κ3) is 3.18. The highest BCUT2D eigenvalue weighted by atomic mass is 32.2. The molecule has 0 radical (unpaired) electrons. The number of carboxylic acids is 1. The number of pyridine rings is 1. The zero-order chi connectivity index (χ0) is 20.8. The molecule has 3 heterocycles. The zero-order valence-corrected chi connectivity index (χ0v) is 16.4. The lowest BCUT2D eigenvalue weighted by Crippen LogP contribution is -2.22. The van der Waals surface area contributed by atoms with E-state index < -0.39 is 16.0 Å². The third-order valence-electron chi connectivity index (χ3n) is 4.49. The summed E-state index contributed by atoms with van der Waals surface area (Å²) in [6.07, 6.45) is 4.84. The first-order valence-corrected chi connectivity index (χ1v) is 10.0. The first kappa shape index (κ1) is 18.8. The van der Waals surface area contributed by atoms with Crippen molar-refractivity contribution in [1.82, 2.24) is 18.7 Å². The fraction of sp³-hybridized carbons (Fsp3) is 0.105. The molecule has 0 aliphatic carbocycles. The van der Waals surface area contributed by atoms with E-state index in [4.69, 9.17) is 0 Å². The van der Waals surface area contributed by atoms with Crippen LogP contribution in [0, 0.1) is 0 Å². The number of aromatic nitrogens is 3. The number of carbonyl (C=O) groups is 1. The minimum absolute atomic E-state index is 0.0721. The molecule has 3 aromatic heterocycles. The molecule has 0 atom stereocenters. The molecule has 0 unspecified atom stereocenters. The molecule has 0 aliphatic rings. The Bertz CT molecular complexity index is 1360. The maximum Gasteiger partial charge on any atom is 0.338 e. The molecule has 0 fully saturated rings. The van der Waals surface area contributed by atoms with Crippen molar-refractivity contribution in [2.45, 2.75) is 4.90 Å². The highest BCUT2D eigenvalue weighted by Gasteiger charge is 2.20. The fourth-order valence-electron chi connectivity index (χ4n) is 3.05. The number of rotatable bonds is 5. The van der Waals surface area contributed by atoms with Gasteiger partial charge in [0, 0.05) is 32.2 Å². The maximum atomic E-state index is 12.4. The van der Waals surface area contributed by atoms with E-state index in [9.17, 15) is 18.3 Å². The van der Waals surface area contributed by atoms with Crippen molar-refractivity contribution >= 4 is 44.0 Å². The van der Waals surface area contributed by atoms with Crippen LogP contribution in [0.1, 0.15) is 10.4 Å². The van der Waals surface area contributed by atoms with Crippen molar-refractivity contribution < 1.29 is 18.3 Å². The second-order valence-corrected chi connectivity index (χ2v) is 8.67. The number of fused-ring (bicyclic) bond motifs is 3. The van der Waals surface area contributed by atoms with Crippen LogP contribution in [0.4, 0.5) is 11.5 Å². The van der Waals surface area contributed by atoms with Gasteiger partial charge in [0.2, 0.25) is 10.0 Å². The molecule has 9 nitrogen and oxygen atoms in total.